The van der Waals surface area contributed by atoms with E-state index in [0.29, 0.717) is 11.3 Å². The van der Waals surface area contributed by atoms with Crippen LogP contribution in [0.4, 0.5) is 5.69 Å². The maximum atomic E-state index is 12.6. The van der Waals surface area contributed by atoms with E-state index in [-0.39, 0.29) is 16.3 Å². The minimum atomic E-state index is -0.679. The maximum Gasteiger partial charge on any atom is 0.286 e. The number of fused-ring (bicyclic) bond motifs is 1. The molecule has 6 nitrogen and oxygen atoms in total. The van der Waals surface area contributed by atoms with Crippen LogP contribution in [0.15, 0.2) is 35.3 Å². The van der Waals surface area contributed by atoms with Gasteiger partial charge in [0.1, 0.15) is 5.56 Å². The van der Waals surface area contributed by atoms with Crippen molar-refractivity contribution >= 4 is 44.7 Å². The second kappa shape index (κ2) is 7.01. The minimum Gasteiger partial charge on any atom is -0.317 e. The van der Waals surface area contributed by atoms with Crippen LogP contribution in [0.25, 0.3) is 10.2 Å². The van der Waals surface area contributed by atoms with E-state index in [0.717, 1.165) is 21.3 Å². The minimum absolute atomic E-state index is 0.116. The van der Waals surface area contributed by atoms with Crippen molar-refractivity contribution in [3.63, 3.8) is 0 Å². The molecule has 1 heterocycles. The highest BCUT2D eigenvalue weighted by atomic mass is 35.5. The SMILES string of the molecule is CCn1c(=NC(=O)c2cc(Cl)ccc2[N+](=O)[O-])sc2cc(C)c(C)cc21. The Morgan fingerprint density at radius 1 is 1.27 bits per heavy atom. The number of rotatable bonds is 3. The first kappa shape index (κ1) is 18.3. The zero-order valence-corrected chi connectivity index (χ0v) is 16.0. The number of aromatic nitrogens is 1. The monoisotopic (exact) mass is 389 g/mol. The van der Waals surface area contributed by atoms with Gasteiger partial charge in [-0.15, -0.1) is 0 Å². The van der Waals surface area contributed by atoms with Gasteiger partial charge in [0.05, 0.1) is 15.1 Å². The molecule has 134 valence electrons. The van der Waals surface area contributed by atoms with Crippen LogP contribution in [0, 0.1) is 24.0 Å². The van der Waals surface area contributed by atoms with Crippen LogP contribution < -0.4 is 4.80 Å². The first-order chi connectivity index (χ1) is 12.3. The van der Waals surface area contributed by atoms with E-state index in [9.17, 15) is 14.9 Å². The molecule has 0 saturated carbocycles. The van der Waals surface area contributed by atoms with Gasteiger partial charge in [0.2, 0.25) is 0 Å². The number of nitro benzene ring substituents is 1. The molecule has 0 fully saturated rings. The van der Waals surface area contributed by atoms with Crippen molar-refractivity contribution in [1.29, 1.82) is 0 Å². The zero-order valence-electron chi connectivity index (χ0n) is 14.4. The van der Waals surface area contributed by atoms with E-state index in [1.54, 1.807) is 0 Å². The third-order valence-corrected chi connectivity index (χ3v) is 5.47. The van der Waals surface area contributed by atoms with Gasteiger partial charge < -0.3 is 4.57 Å². The van der Waals surface area contributed by atoms with Crippen molar-refractivity contribution in [2.75, 3.05) is 0 Å². The van der Waals surface area contributed by atoms with Crippen LogP contribution in [-0.2, 0) is 6.54 Å². The summed E-state index contributed by atoms with van der Waals surface area (Å²) in [6.07, 6.45) is 0. The molecule has 0 saturated heterocycles. The Bertz CT molecular complexity index is 1110. The molecular weight excluding hydrogens is 374 g/mol. The molecule has 1 aromatic heterocycles. The molecule has 0 aliphatic rings. The lowest BCUT2D eigenvalue weighted by Gasteiger charge is -2.03. The summed E-state index contributed by atoms with van der Waals surface area (Å²) in [6, 6.07) is 8.01. The van der Waals surface area contributed by atoms with Gasteiger partial charge in [-0.25, -0.2) is 0 Å². The number of benzene rings is 2. The smallest absolute Gasteiger partial charge is 0.286 e. The highest BCUT2D eigenvalue weighted by Crippen LogP contribution is 2.24. The van der Waals surface area contributed by atoms with Crippen LogP contribution in [-0.4, -0.2) is 15.4 Å². The molecule has 0 radical (unpaired) electrons. The summed E-state index contributed by atoms with van der Waals surface area (Å²) in [7, 11) is 0. The highest BCUT2D eigenvalue weighted by Gasteiger charge is 2.20. The molecule has 0 atom stereocenters. The Balaban J connectivity index is 2.21. The average Bonchev–Trinajstić information content (AvgIpc) is 2.90. The number of nitrogens with zero attached hydrogens (tertiary/aromatic N) is 3. The van der Waals surface area contributed by atoms with Crippen LogP contribution in [0.3, 0.4) is 0 Å². The van der Waals surface area contributed by atoms with Gasteiger partial charge in [0.25, 0.3) is 11.6 Å². The predicted octanol–water partition coefficient (Wildman–Crippen LogP) is 4.64. The van der Waals surface area contributed by atoms with Gasteiger partial charge in [-0.05, 0) is 56.2 Å². The summed E-state index contributed by atoms with van der Waals surface area (Å²) in [4.78, 5) is 27.9. The first-order valence-electron chi connectivity index (χ1n) is 7.95. The summed E-state index contributed by atoms with van der Waals surface area (Å²) in [5, 5.41) is 11.4. The van der Waals surface area contributed by atoms with Crippen molar-refractivity contribution in [3.05, 3.63) is 67.0 Å². The molecule has 0 N–H and O–H groups in total. The number of aryl methyl sites for hydroxylation is 3. The fourth-order valence-electron chi connectivity index (χ4n) is 2.70. The lowest BCUT2D eigenvalue weighted by Crippen LogP contribution is -2.16. The Morgan fingerprint density at radius 3 is 2.62 bits per heavy atom. The normalized spacial score (nSPS) is 11.9. The highest BCUT2D eigenvalue weighted by molar-refractivity contribution is 7.16. The van der Waals surface area contributed by atoms with Crippen LogP contribution in [0.1, 0.15) is 28.4 Å². The lowest BCUT2D eigenvalue weighted by atomic mass is 10.1. The van der Waals surface area contributed by atoms with E-state index in [1.165, 1.54) is 29.5 Å². The van der Waals surface area contributed by atoms with E-state index in [2.05, 4.69) is 17.1 Å². The van der Waals surface area contributed by atoms with Crippen molar-refractivity contribution in [2.45, 2.75) is 27.3 Å². The molecular formula is C18H16ClN3O3S. The van der Waals surface area contributed by atoms with Crippen molar-refractivity contribution in [3.8, 4) is 0 Å². The number of halogens is 1. The molecule has 8 heteroatoms. The van der Waals surface area contributed by atoms with Crippen molar-refractivity contribution in [1.82, 2.24) is 4.57 Å². The second-order valence-corrected chi connectivity index (χ2v) is 7.31. The zero-order chi connectivity index (χ0) is 19.0. The predicted molar refractivity (Wildman–Crippen MR) is 103 cm³/mol. The van der Waals surface area contributed by atoms with Gasteiger partial charge >= 0.3 is 0 Å². The first-order valence-corrected chi connectivity index (χ1v) is 9.15. The van der Waals surface area contributed by atoms with E-state index in [1.807, 2.05) is 25.3 Å². The van der Waals surface area contributed by atoms with Gasteiger partial charge in [-0.1, -0.05) is 22.9 Å². The summed E-state index contributed by atoms with van der Waals surface area (Å²) >= 11 is 7.29. The number of nitro groups is 1. The molecule has 0 unspecified atom stereocenters. The average molecular weight is 390 g/mol. The fourth-order valence-corrected chi connectivity index (χ4v) is 4.04. The third kappa shape index (κ3) is 3.27. The molecule has 0 bridgehead atoms. The van der Waals surface area contributed by atoms with E-state index < -0.39 is 10.8 Å². The van der Waals surface area contributed by atoms with Gasteiger partial charge in [0.15, 0.2) is 4.80 Å². The standard InChI is InChI=1S/C18H16ClN3O3S/c1-4-21-15-7-10(2)11(3)8-16(15)26-18(21)20-17(23)13-9-12(19)5-6-14(13)22(24)25/h5-9H,4H2,1-3H3. The summed E-state index contributed by atoms with van der Waals surface area (Å²) < 4.78 is 2.95. The Hall–Kier alpha value is -2.51. The number of hydrogen-bond acceptors (Lipinski definition) is 4. The van der Waals surface area contributed by atoms with Crippen LogP contribution in [0.5, 0.6) is 0 Å². The summed E-state index contributed by atoms with van der Waals surface area (Å²) in [5.41, 5.74) is 2.88. The van der Waals surface area contributed by atoms with Crippen molar-refractivity contribution < 1.29 is 9.72 Å². The molecule has 3 aromatic rings. The van der Waals surface area contributed by atoms with Gasteiger partial charge in [-0.2, -0.15) is 4.99 Å². The number of carbonyl (C=O) groups excluding carboxylic acids is 1. The van der Waals surface area contributed by atoms with Gasteiger partial charge in [-0.3, -0.25) is 14.9 Å². The molecule has 26 heavy (non-hydrogen) atoms. The number of hydrogen-bond donors (Lipinski definition) is 0. The summed E-state index contributed by atoms with van der Waals surface area (Å²) in [6.45, 7) is 6.66. The molecule has 0 spiro atoms. The van der Waals surface area contributed by atoms with Crippen molar-refractivity contribution in [2.24, 2.45) is 4.99 Å². The number of amides is 1. The largest absolute Gasteiger partial charge is 0.317 e. The van der Waals surface area contributed by atoms with E-state index >= 15 is 0 Å². The van der Waals surface area contributed by atoms with Crippen LogP contribution in [0.2, 0.25) is 5.02 Å². The fraction of sp³-hybridized carbons (Fsp3) is 0.222. The Labute approximate surface area is 158 Å². The lowest BCUT2D eigenvalue weighted by molar-refractivity contribution is -0.385. The Kier molecular flexibility index (Phi) is 4.93. The molecule has 0 aliphatic carbocycles. The summed E-state index contributed by atoms with van der Waals surface area (Å²) in [5.74, 6) is -0.679. The molecule has 2 aromatic carbocycles. The Morgan fingerprint density at radius 2 is 1.96 bits per heavy atom. The van der Waals surface area contributed by atoms with Crippen LogP contribution >= 0.6 is 22.9 Å². The van der Waals surface area contributed by atoms with E-state index in [4.69, 9.17) is 11.6 Å². The topological polar surface area (TPSA) is 77.5 Å². The molecule has 1 amide bonds. The molecule has 3 rings (SSSR count). The number of carbonyl (C=O) groups is 1. The third-order valence-electron chi connectivity index (χ3n) is 4.20. The second-order valence-electron chi connectivity index (χ2n) is 5.87. The van der Waals surface area contributed by atoms with Gasteiger partial charge in [0, 0.05) is 17.6 Å². The quantitative estimate of drug-likeness (QED) is 0.483. The number of thiazole rings is 1. The molecule has 0 aliphatic heterocycles. The maximum absolute atomic E-state index is 12.6.